The van der Waals surface area contributed by atoms with Crippen molar-refractivity contribution in [2.24, 2.45) is 0 Å². The lowest BCUT2D eigenvalue weighted by Crippen LogP contribution is -2.45. The molecule has 0 saturated heterocycles. The lowest BCUT2D eigenvalue weighted by atomic mass is 10.0. The fourth-order valence-electron chi connectivity index (χ4n) is 7.21. The first-order chi connectivity index (χ1) is 27.0. The van der Waals surface area contributed by atoms with E-state index in [1.165, 1.54) is 141 Å². The predicted octanol–water partition coefficient (Wildman–Crippen LogP) is 14.0. The average Bonchev–Trinajstić information content (AvgIpc) is 3.18. The molecule has 55 heavy (non-hydrogen) atoms. The Hall–Kier alpha value is -1.66. The Morgan fingerprint density at radius 3 is 1.29 bits per heavy atom. The minimum absolute atomic E-state index is 0.0337. The molecule has 0 aliphatic heterocycles. The summed E-state index contributed by atoms with van der Waals surface area (Å²) in [6, 6.07) is -0.647. The van der Waals surface area contributed by atoms with Gasteiger partial charge in [-0.1, -0.05) is 205 Å². The summed E-state index contributed by atoms with van der Waals surface area (Å²) in [6.07, 6.45) is 51.7. The smallest absolute Gasteiger partial charge is 0.305 e. The van der Waals surface area contributed by atoms with Crippen molar-refractivity contribution in [3.8, 4) is 0 Å². The second kappa shape index (κ2) is 45.0. The van der Waals surface area contributed by atoms with E-state index in [1.54, 1.807) is 6.08 Å². The summed E-state index contributed by atoms with van der Waals surface area (Å²) in [4.78, 5) is 24.4. The third kappa shape index (κ3) is 41.8. The van der Waals surface area contributed by atoms with Crippen molar-refractivity contribution in [1.29, 1.82) is 0 Å². The maximum absolute atomic E-state index is 12.4. The van der Waals surface area contributed by atoms with Crippen LogP contribution in [0.5, 0.6) is 0 Å². The van der Waals surface area contributed by atoms with E-state index in [-0.39, 0.29) is 18.5 Å². The van der Waals surface area contributed by atoms with Gasteiger partial charge in [-0.3, -0.25) is 9.59 Å². The van der Waals surface area contributed by atoms with E-state index in [4.69, 9.17) is 4.74 Å². The van der Waals surface area contributed by atoms with Gasteiger partial charge in [0.05, 0.1) is 25.4 Å². The largest absolute Gasteiger partial charge is 0.466 e. The van der Waals surface area contributed by atoms with Crippen LogP contribution in [0.4, 0.5) is 0 Å². The fourth-order valence-corrected chi connectivity index (χ4v) is 7.21. The normalized spacial score (nSPS) is 12.9. The van der Waals surface area contributed by atoms with Gasteiger partial charge in [0.1, 0.15) is 0 Å². The number of hydrogen-bond donors (Lipinski definition) is 3. The van der Waals surface area contributed by atoms with E-state index in [2.05, 4.69) is 31.3 Å². The van der Waals surface area contributed by atoms with Gasteiger partial charge in [0.15, 0.2) is 0 Å². The molecule has 0 heterocycles. The van der Waals surface area contributed by atoms with Crippen LogP contribution in [0.2, 0.25) is 0 Å². The lowest BCUT2D eigenvalue weighted by molar-refractivity contribution is -0.143. The molecule has 0 aromatic carbocycles. The average molecular weight is 776 g/mol. The lowest BCUT2D eigenvalue weighted by Gasteiger charge is -2.20. The predicted molar refractivity (Wildman–Crippen MR) is 236 cm³/mol. The van der Waals surface area contributed by atoms with Crippen LogP contribution in [0.3, 0.4) is 0 Å². The molecular formula is C49H93NO5. The van der Waals surface area contributed by atoms with Gasteiger partial charge < -0.3 is 20.3 Å². The third-order valence-corrected chi connectivity index (χ3v) is 11.0. The highest BCUT2D eigenvalue weighted by atomic mass is 16.5. The van der Waals surface area contributed by atoms with Crippen LogP contribution in [-0.4, -0.2) is 47.4 Å². The van der Waals surface area contributed by atoms with E-state index < -0.39 is 12.1 Å². The molecule has 0 rings (SSSR count). The monoisotopic (exact) mass is 776 g/mol. The summed E-state index contributed by atoms with van der Waals surface area (Å²) in [5.41, 5.74) is 0. The molecular weight excluding hydrogens is 683 g/mol. The third-order valence-electron chi connectivity index (χ3n) is 11.0. The Balaban J connectivity index is 3.58. The molecule has 0 aliphatic rings. The molecule has 3 N–H and O–H groups in total. The quantitative estimate of drug-likeness (QED) is 0.0325. The highest BCUT2D eigenvalue weighted by Gasteiger charge is 2.18. The second-order valence-corrected chi connectivity index (χ2v) is 16.4. The van der Waals surface area contributed by atoms with Gasteiger partial charge in [-0.2, -0.15) is 0 Å². The molecule has 0 saturated carbocycles. The highest BCUT2D eigenvalue weighted by molar-refractivity contribution is 5.76. The minimum atomic E-state index is -0.861. The van der Waals surface area contributed by atoms with Crippen LogP contribution >= 0.6 is 0 Å². The maximum Gasteiger partial charge on any atom is 0.305 e. The number of ether oxygens (including phenoxy) is 1. The van der Waals surface area contributed by atoms with Crippen LogP contribution in [0.1, 0.15) is 251 Å². The van der Waals surface area contributed by atoms with Gasteiger partial charge in [-0.05, 0) is 57.8 Å². The van der Waals surface area contributed by atoms with Crippen LogP contribution in [-0.2, 0) is 14.3 Å². The van der Waals surface area contributed by atoms with Gasteiger partial charge in [0, 0.05) is 12.8 Å². The van der Waals surface area contributed by atoms with E-state index in [1.807, 2.05) is 6.08 Å². The van der Waals surface area contributed by atoms with Crippen LogP contribution in [0.25, 0.3) is 0 Å². The van der Waals surface area contributed by atoms with Gasteiger partial charge in [0.25, 0.3) is 0 Å². The molecule has 2 atom stereocenters. The molecule has 0 aromatic rings. The number of carbonyl (C=O) groups excluding carboxylic acids is 2. The number of rotatable bonds is 44. The first kappa shape index (κ1) is 53.3. The zero-order valence-corrected chi connectivity index (χ0v) is 36.7. The Bertz CT molecular complexity index is 858. The van der Waals surface area contributed by atoms with Gasteiger partial charge >= 0.3 is 5.97 Å². The summed E-state index contributed by atoms with van der Waals surface area (Å²) in [5.74, 6) is -0.130. The Labute approximate surface area is 341 Å². The summed E-state index contributed by atoms with van der Waals surface area (Å²) < 4.78 is 5.41. The van der Waals surface area contributed by atoms with Crippen molar-refractivity contribution >= 4 is 11.9 Å². The van der Waals surface area contributed by atoms with E-state index in [0.717, 1.165) is 83.5 Å². The number of esters is 1. The van der Waals surface area contributed by atoms with Crippen LogP contribution < -0.4 is 5.32 Å². The zero-order chi connectivity index (χ0) is 40.1. The standard InChI is InChI=1S/C49H93NO5/c1-3-5-7-9-11-13-15-16-17-18-19-22-25-29-33-37-41-47(52)46(45-51)50-48(53)42-38-34-30-26-23-20-24-28-32-36-40-44-55-49(54)43-39-35-31-27-21-14-12-10-8-6-4-2/h24,28,37,41,46-47,51-52H,3-23,25-27,29-36,38-40,42-45H2,1-2H3,(H,50,53)/b28-24-,41-37+. The molecule has 6 heteroatoms. The van der Waals surface area contributed by atoms with Crippen molar-refractivity contribution in [3.63, 3.8) is 0 Å². The molecule has 2 unspecified atom stereocenters. The highest BCUT2D eigenvalue weighted by Crippen LogP contribution is 2.15. The number of amides is 1. The summed E-state index contributed by atoms with van der Waals surface area (Å²) >= 11 is 0. The Kier molecular flexibility index (Phi) is 43.7. The van der Waals surface area contributed by atoms with Gasteiger partial charge in [-0.15, -0.1) is 0 Å². The van der Waals surface area contributed by atoms with Crippen LogP contribution in [0, 0.1) is 0 Å². The number of aliphatic hydroxyl groups is 2. The number of allylic oxidation sites excluding steroid dienone is 3. The zero-order valence-electron chi connectivity index (χ0n) is 36.7. The summed E-state index contributed by atoms with van der Waals surface area (Å²) in [6.45, 7) is 4.81. The molecule has 0 fully saturated rings. The maximum atomic E-state index is 12.4. The Morgan fingerprint density at radius 1 is 0.491 bits per heavy atom. The van der Waals surface area contributed by atoms with Crippen LogP contribution in [0.15, 0.2) is 24.3 Å². The number of nitrogens with one attached hydrogen (secondary N) is 1. The number of hydrogen-bond acceptors (Lipinski definition) is 5. The molecule has 6 nitrogen and oxygen atoms in total. The summed E-state index contributed by atoms with van der Waals surface area (Å²) in [7, 11) is 0. The molecule has 0 spiro atoms. The molecule has 324 valence electrons. The van der Waals surface area contributed by atoms with E-state index >= 15 is 0 Å². The first-order valence-electron chi connectivity index (χ1n) is 24.1. The number of unbranched alkanes of at least 4 members (excludes halogenated alkanes) is 31. The van der Waals surface area contributed by atoms with E-state index in [9.17, 15) is 19.8 Å². The van der Waals surface area contributed by atoms with Crippen molar-refractivity contribution in [3.05, 3.63) is 24.3 Å². The van der Waals surface area contributed by atoms with Crippen molar-refractivity contribution in [2.75, 3.05) is 13.2 Å². The SMILES string of the molecule is CCCCCCCCCCCCCCCC/C=C/C(O)C(CO)NC(=O)CCCCCCC/C=C\CCCCOC(=O)CCCCCCCCCCCCC. The molecule has 0 bridgehead atoms. The summed E-state index contributed by atoms with van der Waals surface area (Å²) in [5, 5.41) is 23.0. The molecule has 0 aromatic heterocycles. The Morgan fingerprint density at radius 2 is 0.855 bits per heavy atom. The molecule has 1 amide bonds. The molecule has 0 aliphatic carbocycles. The minimum Gasteiger partial charge on any atom is -0.466 e. The first-order valence-corrected chi connectivity index (χ1v) is 24.1. The van der Waals surface area contributed by atoms with Gasteiger partial charge in [0.2, 0.25) is 5.91 Å². The number of carbonyl (C=O) groups is 2. The van der Waals surface area contributed by atoms with Gasteiger partial charge in [-0.25, -0.2) is 0 Å². The van der Waals surface area contributed by atoms with E-state index in [0.29, 0.717) is 19.4 Å². The fraction of sp³-hybridized carbons (Fsp3) is 0.878. The van der Waals surface area contributed by atoms with Crippen molar-refractivity contribution in [2.45, 2.75) is 264 Å². The molecule has 0 radical (unpaired) electrons. The van der Waals surface area contributed by atoms with Crippen molar-refractivity contribution in [1.82, 2.24) is 5.32 Å². The number of aliphatic hydroxyl groups excluding tert-OH is 2. The van der Waals surface area contributed by atoms with Crippen molar-refractivity contribution < 1.29 is 24.5 Å². The second-order valence-electron chi connectivity index (χ2n) is 16.4. The topological polar surface area (TPSA) is 95.9 Å².